The Morgan fingerprint density at radius 2 is 1.73 bits per heavy atom. The van der Waals surface area contributed by atoms with Crippen molar-refractivity contribution in [2.24, 2.45) is 0 Å². The number of amides is 1. The molecule has 0 spiro atoms. The topological polar surface area (TPSA) is 85.4 Å². The molecule has 2 aromatic carbocycles. The molecule has 5 rings (SSSR count). The summed E-state index contributed by atoms with van der Waals surface area (Å²) in [6, 6.07) is 18.1. The van der Waals surface area contributed by atoms with Crippen molar-refractivity contribution in [3.63, 3.8) is 0 Å². The number of hydrogen-bond donors (Lipinski definition) is 2. The second kappa shape index (κ2) is 14.5. The molecule has 5 aromatic rings. The van der Waals surface area contributed by atoms with Crippen molar-refractivity contribution in [2.75, 3.05) is 18.5 Å². The average Bonchev–Trinajstić information content (AvgIpc) is 3.45. The summed E-state index contributed by atoms with van der Waals surface area (Å²) in [7, 11) is 0. The largest absolute Gasteiger partial charge is 0.349 e. The van der Waals surface area contributed by atoms with Crippen molar-refractivity contribution in [3.05, 3.63) is 113 Å². The number of aromatic nitrogens is 2. The van der Waals surface area contributed by atoms with Crippen LogP contribution in [0.25, 0.3) is 20.8 Å². The molecular formula is C33H30F2N4O3S2. The number of fused-ring (bicyclic) bond motifs is 1. The van der Waals surface area contributed by atoms with Gasteiger partial charge in [-0.2, -0.15) is 0 Å². The number of thiophene rings is 1. The van der Waals surface area contributed by atoms with Crippen LogP contribution in [0, 0.1) is 11.6 Å². The van der Waals surface area contributed by atoms with E-state index >= 15 is 4.39 Å². The highest BCUT2D eigenvalue weighted by atomic mass is 32.1. The first-order valence-corrected chi connectivity index (χ1v) is 15.3. The number of rotatable bonds is 11. The number of carbonyl (C=O) groups is 1. The van der Waals surface area contributed by atoms with Crippen LogP contribution in [0.3, 0.4) is 0 Å². The first-order valence-electron chi connectivity index (χ1n) is 14.0. The number of benzene rings is 2. The van der Waals surface area contributed by atoms with E-state index in [-0.39, 0.29) is 23.3 Å². The van der Waals surface area contributed by atoms with Crippen molar-refractivity contribution >= 4 is 50.5 Å². The molecule has 0 bridgehead atoms. The van der Waals surface area contributed by atoms with Crippen LogP contribution in [-0.4, -0.2) is 34.2 Å². The number of nitrogens with zero attached hydrogens (tertiary/aromatic N) is 2. The van der Waals surface area contributed by atoms with Crippen LogP contribution in [0.15, 0.2) is 79.1 Å². The molecule has 44 heavy (non-hydrogen) atoms. The van der Waals surface area contributed by atoms with Gasteiger partial charge in [-0.3, -0.25) is 14.8 Å². The maximum Gasteiger partial charge on any atom is 0.230 e. The van der Waals surface area contributed by atoms with Crippen LogP contribution in [0.4, 0.5) is 14.5 Å². The molecule has 0 atom stereocenters. The van der Waals surface area contributed by atoms with Crippen LogP contribution < -0.4 is 10.6 Å². The van der Waals surface area contributed by atoms with E-state index in [4.69, 9.17) is 21.7 Å². The van der Waals surface area contributed by atoms with Crippen molar-refractivity contribution in [1.82, 2.24) is 15.3 Å². The Balaban J connectivity index is 1.25. The fourth-order valence-electron chi connectivity index (χ4n) is 4.58. The van der Waals surface area contributed by atoms with E-state index < -0.39 is 12.1 Å². The molecule has 3 heterocycles. The predicted molar refractivity (Wildman–Crippen MR) is 173 cm³/mol. The average molecular weight is 633 g/mol. The highest BCUT2D eigenvalue weighted by Gasteiger charge is 2.15. The van der Waals surface area contributed by atoms with Crippen LogP contribution >= 0.6 is 23.6 Å². The SMILES string of the molecule is CCOC(OCC)c1ccc(-c2cc3nccc(Cc4ccc(NC(=S)NC(=O)Cc5ccc(F)cc5)cc4F)c3s2)nc1. The number of ether oxygens (including phenoxy) is 2. The zero-order chi connectivity index (χ0) is 31.1. The van der Waals surface area contributed by atoms with Gasteiger partial charge >= 0.3 is 0 Å². The van der Waals surface area contributed by atoms with E-state index in [0.717, 1.165) is 31.9 Å². The summed E-state index contributed by atoms with van der Waals surface area (Å²) in [6.45, 7) is 4.90. The number of thiocarbonyl (C=S) groups is 1. The van der Waals surface area contributed by atoms with Gasteiger partial charge in [0.05, 0.1) is 27.2 Å². The normalized spacial score (nSPS) is 11.2. The zero-order valence-electron chi connectivity index (χ0n) is 24.1. The molecule has 0 radical (unpaired) electrons. The van der Waals surface area contributed by atoms with E-state index in [1.54, 1.807) is 35.9 Å². The monoisotopic (exact) mass is 632 g/mol. The second-order valence-corrected chi connectivity index (χ2v) is 11.3. The third-order valence-corrected chi connectivity index (χ3v) is 8.09. The quantitative estimate of drug-likeness (QED) is 0.116. The summed E-state index contributed by atoms with van der Waals surface area (Å²) >= 11 is 6.78. The lowest BCUT2D eigenvalue weighted by Crippen LogP contribution is -2.35. The van der Waals surface area contributed by atoms with E-state index in [9.17, 15) is 9.18 Å². The zero-order valence-corrected chi connectivity index (χ0v) is 25.7. The summed E-state index contributed by atoms with van der Waals surface area (Å²) in [6.07, 6.45) is 3.42. The van der Waals surface area contributed by atoms with Gasteiger partial charge in [-0.15, -0.1) is 11.3 Å². The lowest BCUT2D eigenvalue weighted by Gasteiger charge is -2.16. The Bertz CT molecular complexity index is 1760. The van der Waals surface area contributed by atoms with Gasteiger partial charge < -0.3 is 20.1 Å². The Morgan fingerprint density at radius 1 is 0.955 bits per heavy atom. The molecule has 11 heteroatoms. The van der Waals surface area contributed by atoms with Crippen molar-refractivity contribution in [1.29, 1.82) is 0 Å². The lowest BCUT2D eigenvalue weighted by molar-refractivity contribution is -0.140. The van der Waals surface area contributed by atoms with Gasteiger partial charge in [0.15, 0.2) is 11.4 Å². The third-order valence-electron chi connectivity index (χ3n) is 6.66. The summed E-state index contributed by atoms with van der Waals surface area (Å²) in [5, 5.41) is 5.45. The van der Waals surface area contributed by atoms with Gasteiger partial charge in [-0.05, 0) is 85.2 Å². The molecule has 2 N–H and O–H groups in total. The molecule has 1 amide bonds. The van der Waals surface area contributed by atoms with Gasteiger partial charge in [0.1, 0.15) is 11.6 Å². The number of hydrogen-bond acceptors (Lipinski definition) is 7. The summed E-state index contributed by atoms with van der Waals surface area (Å²) < 4.78 is 40.6. The predicted octanol–water partition coefficient (Wildman–Crippen LogP) is 7.35. The molecule has 0 saturated heterocycles. The van der Waals surface area contributed by atoms with Crippen molar-refractivity contribution < 1.29 is 23.0 Å². The van der Waals surface area contributed by atoms with Gasteiger partial charge in [-0.1, -0.05) is 24.3 Å². The standard InChI is InChI=1S/C33H30F2N4O3S2/c1-3-41-32(42-4-2)23-8-12-27(37-19-23)29-18-28-31(44-29)22(13-14-36-28)16-21-7-11-25(17-26(21)35)38-33(43)39-30(40)15-20-5-9-24(34)10-6-20/h5-14,17-19,32H,3-4,15-16H2,1-2H3,(H2,38,39,40,43). The molecule has 3 aromatic heterocycles. The number of halogens is 2. The van der Waals surface area contributed by atoms with Gasteiger partial charge in [0.2, 0.25) is 5.91 Å². The summed E-state index contributed by atoms with van der Waals surface area (Å²) in [4.78, 5) is 22.4. The first kappa shape index (κ1) is 31.3. The van der Waals surface area contributed by atoms with Gasteiger partial charge in [0.25, 0.3) is 0 Å². The lowest BCUT2D eigenvalue weighted by atomic mass is 10.0. The molecule has 0 aliphatic rings. The minimum Gasteiger partial charge on any atom is -0.349 e. The molecule has 7 nitrogen and oxygen atoms in total. The summed E-state index contributed by atoms with van der Waals surface area (Å²) in [5.74, 6) is -1.15. The van der Waals surface area contributed by atoms with Crippen LogP contribution in [0.5, 0.6) is 0 Å². The van der Waals surface area contributed by atoms with Gasteiger partial charge in [-0.25, -0.2) is 8.78 Å². The van der Waals surface area contributed by atoms with Crippen LogP contribution in [-0.2, 0) is 27.1 Å². The maximum absolute atomic E-state index is 15.2. The van der Waals surface area contributed by atoms with Crippen LogP contribution in [0.1, 0.15) is 42.4 Å². The highest BCUT2D eigenvalue weighted by molar-refractivity contribution is 7.80. The van der Waals surface area contributed by atoms with E-state index in [2.05, 4.69) is 20.6 Å². The molecular weight excluding hydrogens is 603 g/mol. The third kappa shape index (κ3) is 7.86. The molecule has 0 saturated carbocycles. The van der Waals surface area contributed by atoms with Crippen molar-refractivity contribution in [2.45, 2.75) is 33.0 Å². The number of anilines is 1. The smallest absolute Gasteiger partial charge is 0.230 e. The van der Waals surface area contributed by atoms with Gasteiger partial charge in [0, 0.05) is 43.3 Å². The summed E-state index contributed by atoms with van der Waals surface area (Å²) in [5.41, 5.74) is 4.96. The van der Waals surface area contributed by atoms with Crippen molar-refractivity contribution in [3.8, 4) is 10.6 Å². The number of carbonyl (C=O) groups excluding carboxylic acids is 1. The molecule has 0 unspecified atom stereocenters. The number of pyridine rings is 2. The maximum atomic E-state index is 15.2. The van der Waals surface area contributed by atoms with E-state index in [0.29, 0.717) is 36.4 Å². The first-order chi connectivity index (χ1) is 21.3. The fraction of sp³-hybridized carbons (Fsp3) is 0.212. The molecule has 0 aliphatic heterocycles. The number of nitrogens with one attached hydrogen (secondary N) is 2. The fourth-order valence-corrected chi connectivity index (χ4v) is 5.92. The van der Waals surface area contributed by atoms with Crippen LogP contribution in [0.2, 0.25) is 0 Å². The Morgan fingerprint density at radius 3 is 2.41 bits per heavy atom. The molecule has 0 aliphatic carbocycles. The minimum atomic E-state index is -0.458. The molecule has 226 valence electrons. The Labute approximate surface area is 263 Å². The Hall–Kier alpha value is -4.16. The Kier molecular flexibility index (Phi) is 10.3. The minimum absolute atomic E-state index is 0.0317. The van der Waals surface area contributed by atoms with E-state index in [1.165, 1.54) is 30.3 Å². The van der Waals surface area contributed by atoms with E-state index in [1.807, 2.05) is 38.1 Å². The molecule has 0 fully saturated rings. The second-order valence-electron chi connectivity index (χ2n) is 9.80. The highest BCUT2D eigenvalue weighted by Crippen LogP contribution is 2.35.